The van der Waals surface area contributed by atoms with Gasteiger partial charge in [0.2, 0.25) is 0 Å². The Morgan fingerprint density at radius 2 is 0.562 bits per heavy atom. The van der Waals surface area contributed by atoms with Crippen LogP contribution in [-0.2, 0) is 28.6 Å². The highest BCUT2D eigenvalue weighted by Gasteiger charge is 2.19. The molecule has 6 heteroatoms. The van der Waals surface area contributed by atoms with Crippen LogP contribution in [0.25, 0.3) is 0 Å². The Labute approximate surface area is 446 Å². The molecule has 0 spiro atoms. The molecule has 0 radical (unpaired) electrons. The summed E-state index contributed by atoms with van der Waals surface area (Å²) in [6.45, 7) is 6.21. The Morgan fingerprint density at radius 1 is 0.288 bits per heavy atom. The topological polar surface area (TPSA) is 78.9 Å². The zero-order valence-electron chi connectivity index (χ0n) is 46.1. The first-order valence-electron chi connectivity index (χ1n) is 28.3. The number of hydrogen-bond acceptors (Lipinski definition) is 6. The lowest BCUT2D eigenvalue weighted by atomic mass is 10.1. The summed E-state index contributed by atoms with van der Waals surface area (Å²) in [6.07, 6.45) is 89.0. The fraction of sp³-hybridized carbons (Fsp3) is 0.507. The smallest absolute Gasteiger partial charge is 0.306 e. The Bertz CT molecular complexity index is 1770. The molecule has 1 atom stereocenters. The zero-order chi connectivity index (χ0) is 52.9. The van der Waals surface area contributed by atoms with Crippen LogP contribution in [0.15, 0.2) is 182 Å². The van der Waals surface area contributed by atoms with Crippen molar-refractivity contribution in [2.75, 3.05) is 13.2 Å². The predicted octanol–water partition coefficient (Wildman–Crippen LogP) is 19.3. The molecule has 0 bridgehead atoms. The minimum Gasteiger partial charge on any atom is -0.462 e. The standard InChI is InChI=1S/C67H100O6/c1-4-7-10-13-16-19-22-25-28-31-33-36-39-42-45-48-51-54-57-60-66(69)72-63-64(62-71-65(68)59-56-53-50-47-44-41-38-35-30-27-24-21-18-15-12-9-6-3)73-67(70)61-58-55-52-49-46-43-40-37-34-32-29-26-23-20-17-14-11-8-5-2/h7,9-10,12,16-21,25-30,33-34,36-38,41-43,45-46,51-52,54-55,64H,4-6,8,11,13-15,22-24,31-32,35,39-40,44,47-50,53,56-63H2,1-3H3/b10-7-,12-9-,19-16-,20-17-,21-18-,28-25-,29-26-,30-27-,36-33-,37-34-,41-38-,45-42-,46-43-,54-51-,55-52-/t64-/m0/s1. The van der Waals surface area contributed by atoms with E-state index in [1.807, 2.05) is 24.3 Å². The van der Waals surface area contributed by atoms with Gasteiger partial charge in [0.1, 0.15) is 13.2 Å². The molecule has 0 rings (SSSR count). The molecule has 0 aliphatic rings. The highest BCUT2D eigenvalue weighted by Crippen LogP contribution is 2.10. The van der Waals surface area contributed by atoms with Gasteiger partial charge in [-0.3, -0.25) is 14.4 Å². The fourth-order valence-electron chi connectivity index (χ4n) is 6.73. The normalized spacial score (nSPS) is 13.5. The number of hydrogen-bond donors (Lipinski definition) is 0. The van der Waals surface area contributed by atoms with E-state index in [9.17, 15) is 14.4 Å². The maximum Gasteiger partial charge on any atom is 0.306 e. The van der Waals surface area contributed by atoms with Crippen LogP contribution in [0, 0.1) is 0 Å². The van der Waals surface area contributed by atoms with Crippen molar-refractivity contribution in [3.05, 3.63) is 182 Å². The van der Waals surface area contributed by atoms with E-state index in [4.69, 9.17) is 14.2 Å². The molecular formula is C67H100O6. The van der Waals surface area contributed by atoms with Crippen molar-refractivity contribution >= 4 is 17.9 Å². The van der Waals surface area contributed by atoms with Gasteiger partial charge in [-0.2, -0.15) is 0 Å². The molecule has 0 aromatic heterocycles. The van der Waals surface area contributed by atoms with Gasteiger partial charge < -0.3 is 14.2 Å². The average molecular weight is 1000 g/mol. The molecule has 0 unspecified atom stereocenters. The van der Waals surface area contributed by atoms with Crippen LogP contribution in [0.3, 0.4) is 0 Å². The Hall–Kier alpha value is -5.49. The molecule has 0 aliphatic heterocycles. The van der Waals surface area contributed by atoms with E-state index in [1.54, 1.807) is 0 Å². The lowest BCUT2D eigenvalue weighted by Crippen LogP contribution is -2.30. The maximum absolute atomic E-state index is 12.8. The lowest BCUT2D eigenvalue weighted by Gasteiger charge is -2.18. The molecular weight excluding hydrogens is 901 g/mol. The van der Waals surface area contributed by atoms with E-state index in [2.05, 4.69) is 179 Å². The summed E-state index contributed by atoms with van der Waals surface area (Å²) < 4.78 is 16.7. The van der Waals surface area contributed by atoms with Crippen LogP contribution in [0.2, 0.25) is 0 Å². The average Bonchev–Trinajstić information content (AvgIpc) is 3.39. The molecule has 0 saturated carbocycles. The number of esters is 3. The first kappa shape index (κ1) is 67.5. The van der Waals surface area contributed by atoms with Gasteiger partial charge in [-0.05, 0) is 135 Å². The Kier molecular flexibility index (Phi) is 54.6. The number of carbonyl (C=O) groups is 3. The number of allylic oxidation sites excluding steroid dienone is 30. The van der Waals surface area contributed by atoms with Crippen LogP contribution in [0.4, 0.5) is 0 Å². The fourth-order valence-corrected chi connectivity index (χ4v) is 6.73. The molecule has 404 valence electrons. The Balaban J connectivity index is 4.71. The SMILES string of the molecule is CC/C=C\C/C=C\C/C=C\C/C=C\C/C=C\C/C=C\CCC(=O)OC[C@H](COC(=O)CCCCCC/C=C\C/C=C\C/C=C\C/C=C\CC)OC(=O)CC/C=C\C/C=C\C/C=C\C/C=C\C/C=C\CCCCC. The highest BCUT2D eigenvalue weighted by molar-refractivity contribution is 5.71. The first-order chi connectivity index (χ1) is 36.0. The van der Waals surface area contributed by atoms with E-state index < -0.39 is 18.0 Å². The van der Waals surface area contributed by atoms with Crippen LogP contribution < -0.4 is 0 Å². The van der Waals surface area contributed by atoms with E-state index in [-0.39, 0.29) is 32.0 Å². The maximum atomic E-state index is 12.8. The third kappa shape index (κ3) is 57.3. The van der Waals surface area contributed by atoms with Crippen molar-refractivity contribution in [2.24, 2.45) is 0 Å². The largest absolute Gasteiger partial charge is 0.462 e. The summed E-state index contributed by atoms with van der Waals surface area (Å²) >= 11 is 0. The van der Waals surface area contributed by atoms with Crippen LogP contribution >= 0.6 is 0 Å². The van der Waals surface area contributed by atoms with Gasteiger partial charge in [0.15, 0.2) is 6.10 Å². The lowest BCUT2D eigenvalue weighted by molar-refractivity contribution is -0.166. The quantitative estimate of drug-likeness (QED) is 0.0262. The predicted molar refractivity (Wildman–Crippen MR) is 315 cm³/mol. The summed E-state index contributed by atoms with van der Waals surface area (Å²) in [5.41, 5.74) is 0. The summed E-state index contributed by atoms with van der Waals surface area (Å²) in [7, 11) is 0. The van der Waals surface area contributed by atoms with Crippen LogP contribution in [0.1, 0.15) is 201 Å². The van der Waals surface area contributed by atoms with Gasteiger partial charge in [0.05, 0.1) is 0 Å². The molecule has 0 fully saturated rings. The minimum atomic E-state index is -0.870. The van der Waals surface area contributed by atoms with Gasteiger partial charge in [-0.1, -0.05) is 229 Å². The van der Waals surface area contributed by atoms with Crippen molar-refractivity contribution < 1.29 is 28.6 Å². The van der Waals surface area contributed by atoms with Crippen molar-refractivity contribution in [2.45, 2.75) is 207 Å². The van der Waals surface area contributed by atoms with Crippen molar-refractivity contribution in [1.29, 1.82) is 0 Å². The third-order valence-corrected chi connectivity index (χ3v) is 10.9. The third-order valence-electron chi connectivity index (χ3n) is 10.9. The molecule has 0 heterocycles. The molecule has 0 aromatic rings. The summed E-state index contributed by atoms with van der Waals surface area (Å²) in [5.74, 6) is -1.16. The van der Waals surface area contributed by atoms with Gasteiger partial charge >= 0.3 is 17.9 Å². The molecule has 0 saturated heterocycles. The minimum absolute atomic E-state index is 0.154. The summed E-state index contributed by atoms with van der Waals surface area (Å²) in [4.78, 5) is 38.1. The van der Waals surface area contributed by atoms with Crippen LogP contribution in [-0.4, -0.2) is 37.2 Å². The zero-order valence-corrected chi connectivity index (χ0v) is 46.1. The number of unbranched alkanes of at least 4 members (excludes halogenated alkanes) is 7. The monoisotopic (exact) mass is 1000 g/mol. The summed E-state index contributed by atoms with van der Waals surface area (Å²) in [6, 6.07) is 0. The number of ether oxygens (including phenoxy) is 3. The van der Waals surface area contributed by atoms with Crippen molar-refractivity contribution in [3.8, 4) is 0 Å². The Morgan fingerprint density at radius 3 is 0.904 bits per heavy atom. The molecule has 0 aromatic carbocycles. The second-order valence-electron chi connectivity index (χ2n) is 17.7. The molecule has 6 nitrogen and oxygen atoms in total. The second kappa shape index (κ2) is 59.1. The van der Waals surface area contributed by atoms with E-state index in [1.165, 1.54) is 25.7 Å². The van der Waals surface area contributed by atoms with E-state index >= 15 is 0 Å². The van der Waals surface area contributed by atoms with Gasteiger partial charge in [0.25, 0.3) is 0 Å². The molecule has 0 aliphatic carbocycles. The number of rotatable bonds is 48. The molecule has 73 heavy (non-hydrogen) atoms. The first-order valence-corrected chi connectivity index (χ1v) is 28.3. The number of carbonyl (C=O) groups excluding carboxylic acids is 3. The van der Waals surface area contributed by atoms with Crippen LogP contribution in [0.5, 0.6) is 0 Å². The highest BCUT2D eigenvalue weighted by atomic mass is 16.6. The van der Waals surface area contributed by atoms with Gasteiger partial charge in [-0.25, -0.2) is 0 Å². The van der Waals surface area contributed by atoms with Gasteiger partial charge in [0, 0.05) is 19.3 Å². The molecule has 0 amide bonds. The van der Waals surface area contributed by atoms with E-state index in [0.717, 1.165) is 122 Å². The summed E-state index contributed by atoms with van der Waals surface area (Å²) in [5, 5.41) is 0. The van der Waals surface area contributed by atoms with Gasteiger partial charge in [-0.15, -0.1) is 0 Å². The van der Waals surface area contributed by atoms with Crippen molar-refractivity contribution in [1.82, 2.24) is 0 Å². The second-order valence-corrected chi connectivity index (χ2v) is 17.7. The van der Waals surface area contributed by atoms with Crippen molar-refractivity contribution in [3.63, 3.8) is 0 Å². The van der Waals surface area contributed by atoms with E-state index in [0.29, 0.717) is 19.3 Å². The molecule has 0 N–H and O–H groups in total.